The van der Waals surface area contributed by atoms with E-state index in [9.17, 15) is 4.79 Å². The summed E-state index contributed by atoms with van der Waals surface area (Å²) < 4.78 is 1.74. The number of amides is 1. The lowest BCUT2D eigenvalue weighted by atomic mass is 10.1. The van der Waals surface area contributed by atoms with Crippen LogP contribution in [-0.4, -0.2) is 51.6 Å². The van der Waals surface area contributed by atoms with Crippen molar-refractivity contribution in [3.8, 4) is 0 Å². The molecule has 1 saturated heterocycles. The molecule has 26 heavy (non-hydrogen) atoms. The Kier molecular flexibility index (Phi) is 4.70. The Hall–Kier alpha value is -2.31. The summed E-state index contributed by atoms with van der Waals surface area (Å²) in [5.41, 5.74) is 1.69. The Morgan fingerprint density at radius 2 is 1.85 bits per heavy atom. The van der Waals surface area contributed by atoms with Gasteiger partial charge in [0.2, 0.25) is 5.91 Å². The molecule has 0 atom stereocenters. The number of aromatic nitrogens is 3. The van der Waals surface area contributed by atoms with Crippen molar-refractivity contribution in [2.24, 2.45) is 0 Å². The van der Waals surface area contributed by atoms with Crippen LogP contribution in [0, 0.1) is 0 Å². The van der Waals surface area contributed by atoms with E-state index >= 15 is 0 Å². The van der Waals surface area contributed by atoms with E-state index in [1.54, 1.807) is 22.8 Å². The van der Waals surface area contributed by atoms with Crippen molar-refractivity contribution in [3.63, 3.8) is 0 Å². The highest BCUT2D eigenvalue weighted by Crippen LogP contribution is 2.23. The molecular weight excluding hydrogens is 373 g/mol. The highest BCUT2D eigenvalue weighted by atomic mass is 35.5. The number of hydrogen-bond donors (Lipinski definition) is 0. The number of fused-ring (bicyclic) bond motifs is 1. The molecular formula is C18H17Cl2N5O. The lowest BCUT2D eigenvalue weighted by molar-refractivity contribution is -0.130. The number of rotatable bonds is 3. The molecule has 6 nitrogen and oxygen atoms in total. The first-order valence-corrected chi connectivity index (χ1v) is 9.13. The van der Waals surface area contributed by atoms with Crippen molar-refractivity contribution < 1.29 is 4.79 Å². The maximum absolute atomic E-state index is 12.6. The first-order valence-electron chi connectivity index (χ1n) is 8.37. The van der Waals surface area contributed by atoms with Gasteiger partial charge in [-0.15, -0.1) is 0 Å². The molecule has 4 rings (SSSR count). The third-order valence-corrected chi connectivity index (χ3v) is 5.28. The number of carbonyl (C=O) groups excluding carboxylic acids is 1. The summed E-state index contributed by atoms with van der Waals surface area (Å²) in [4.78, 5) is 21.2. The number of anilines is 1. The van der Waals surface area contributed by atoms with Crippen molar-refractivity contribution >= 4 is 40.6 Å². The smallest absolute Gasteiger partial charge is 0.227 e. The molecule has 3 heterocycles. The van der Waals surface area contributed by atoms with Gasteiger partial charge >= 0.3 is 0 Å². The zero-order chi connectivity index (χ0) is 18.1. The third kappa shape index (κ3) is 3.48. The minimum absolute atomic E-state index is 0.0993. The molecule has 2 aromatic heterocycles. The predicted octanol–water partition coefficient (Wildman–Crippen LogP) is 2.93. The fraction of sp³-hybridized carbons (Fsp3) is 0.278. The molecule has 3 aromatic rings. The molecule has 1 amide bonds. The molecule has 0 radical (unpaired) electrons. The van der Waals surface area contributed by atoms with Gasteiger partial charge in [0.15, 0.2) is 5.65 Å². The van der Waals surface area contributed by atoms with Crippen LogP contribution in [0.4, 0.5) is 5.82 Å². The van der Waals surface area contributed by atoms with E-state index in [4.69, 9.17) is 23.2 Å². The molecule has 8 heteroatoms. The zero-order valence-electron chi connectivity index (χ0n) is 14.0. The SMILES string of the molecule is O=C(Cc1ccc(Cl)c(Cl)c1)N1CCN(c2ccn3nccc3n2)CC1. The second-order valence-corrected chi connectivity index (χ2v) is 7.03. The van der Waals surface area contributed by atoms with Gasteiger partial charge in [0.25, 0.3) is 0 Å². The molecule has 1 aliphatic rings. The summed E-state index contributed by atoms with van der Waals surface area (Å²) in [6.07, 6.45) is 3.96. The van der Waals surface area contributed by atoms with Crippen LogP contribution < -0.4 is 4.90 Å². The summed E-state index contributed by atoms with van der Waals surface area (Å²) in [7, 11) is 0. The lowest BCUT2D eigenvalue weighted by Crippen LogP contribution is -2.49. The van der Waals surface area contributed by atoms with E-state index in [0.717, 1.165) is 30.1 Å². The molecule has 0 aliphatic carbocycles. The molecule has 134 valence electrons. The van der Waals surface area contributed by atoms with Crippen molar-refractivity contribution in [1.82, 2.24) is 19.5 Å². The highest BCUT2D eigenvalue weighted by Gasteiger charge is 2.22. The Bertz CT molecular complexity index is 950. The molecule has 1 aromatic carbocycles. The van der Waals surface area contributed by atoms with Crippen LogP contribution in [0.2, 0.25) is 10.0 Å². The standard InChI is InChI=1S/C18H17Cl2N5O/c19-14-2-1-13(11-15(14)20)12-18(26)24-9-7-23(8-10-24)16-4-6-25-17(22-16)3-5-21-25/h1-6,11H,7-10,12H2. The first-order chi connectivity index (χ1) is 12.6. The van der Waals surface area contributed by atoms with E-state index in [1.807, 2.05) is 29.3 Å². The van der Waals surface area contributed by atoms with E-state index in [1.165, 1.54) is 0 Å². The van der Waals surface area contributed by atoms with Gasteiger partial charge in [-0.1, -0.05) is 29.3 Å². The van der Waals surface area contributed by atoms with Crippen molar-refractivity contribution in [3.05, 3.63) is 58.3 Å². The maximum Gasteiger partial charge on any atom is 0.227 e. The van der Waals surface area contributed by atoms with Crippen LogP contribution in [0.3, 0.4) is 0 Å². The van der Waals surface area contributed by atoms with Gasteiger partial charge in [-0.2, -0.15) is 5.10 Å². The number of hydrogen-bond acceptors (Lipinski definition) is 4. The first kappa shape index (κ1) is 17.1. The Labute approximate surface area is 160 Å². The average Bonchev–Trinajstić information content (AvgIpc) is 3.12. The highest BCUT2D eigenvalue weighted by molar-refractivity contribution is 6.42. The van der Waals surface area contributed by atoms with E-state index in [2.05, 4.69) is 15.0 Å². The van der Waals surface area contributed by atoms with E-state index in [0.29, 0.717) is 29.6 Å². The molecule has 0 bridgehead atoms. The normalized spacial score (nSPS) is 14.8. The molecule has 0 saturated carbocycles. The predicted molar refractivity (Wildman–Crippen MR) is 102 cm³/mol. The monoisotopic (exact) mass is 389 g/mol. The minimum atomic E-state index is 0.0993. The lowest BCUT2D eigenvalue weighted by Gasteiger charge is -2.35. The molecule has 0 unspecified atom stereocenters. The summed E-state index contributed by atoms with van der Waals surface area (Å²) >= 11 is 12.0. The number of nitrogens with zero attached hydrogens (tertiary/aromatic N) is 5. The van der Waals surface area contributed by atoms with Crippen LogP contribution >= 0.6 is 23.2 Å². The van der Waals surface area contributed by atoms with Gasteiger partial charge in [0.05, 0.1) is 22.7 Å². The Balaban J connectivity index is 1.37. The third-order valence-electron chi connectivity index (χ3n) is 4.54. The summed E-state index contributed by atoms with van der Waals surface area (Å²) in [5, 5.41) is 5.13. The van der Waals surface area contributed by atoms with Gasteiger partial charge in [-0.25, -0.2) is 9.50 Å². The Morgan fingerprint density at radius 1 is 1.04 bits per heavy atom. The number of piperazine rings is 1. The van der Waals surface area contributed by atoms with Gasteiger partial charge in [0.1, 0.15) is 5.82 Å². The van der Waals surface area contributed by atoms with Crippen LogP contribution in [0.5, 0.6) is 0 Å². The summed E-state index contributed by atoms with van der Waals surface area (Å²) in [5.74, 6) is 1.01. The van der Waals surface area contributed by atoms with Gasteiger partial charge in [-0.05, 0) is 23.8 Å². The average molecular weight is 390 g/mol. The fourth-order valence-corrected chi connectivity index (χ4v) is 3.42. The minimum Gasteiger partial charge on any atom is -0.353 e. The van der Waals surface area contributed by atoms with Crippen molar-refractivity contribution in [2.45, 2.75) is 6.42 Å². The molecule has 1 fully saturated rings. The Morgan fingerprint density at radius 3 is 2.62 bits per heavy atom. The topological polar surface area (TPSA) is 53.7 Å². The number of halogens is 2. The molecule has 0 spiro atoms. The van der Waals surface area contributed by atoms with Gasteiger partial charge < -0.3 is 9.80 Å². The van der Waals surface area contributed by atoms with Crippen LogP contribution in [0.1, 0.15) is 5.56 Å². The largest absolute Gasteiger partial charge is 0.353 e. The summed E-state index contributed by atoms with van der Waals surface area (Å²) in [6.45, 7) is 2.85. The van der Waals surface area contributed by atoms with Crippen LogP contribution in [0.25, 0.3) is 5.65 Å². The van der Waals surface area contributed by atoms with Crippen LogP contribution in [-0.2, 0) is 11.2 Å². The molecule has 1 aliphatic heterocycles. The second-order valence-electron chi connectivity index (χ2n) is 6.21. The van der Waals surface area contributed by atoms with Gasteiger partial charge in [-0.3, -0.25) is 4.79 Å². The quantitative estimate of drug-likeness (QED) is 0.690. The fourth-order valence-electron chi connectivity index (χ4n) is 3.10. The van der Waals surface area contributed by atoms with Crippen molar-refractivity contribution in [2.75, 3.05) is 31.1 Å². The summed E-state index contributed by atoms with van der Waals surface area (Å²) in [6, 6.07) is 9.15. The second kappa shape index (κ2) is 7.13. The number of benzene rings is 1. The van der Waals surface area contributed by atoms with E-state index in [-0.39, 0.29) is 5.91 Å². The van der Waals surface area contributed by atoms with Gasteiger partial charge in [0, 0.05) is 38.4 Å². The van der Waals surface area contributed by atoms with E-state index < -0.39 is 0 Å². The zero-order valence-corrected chi connectivity index (χ0v) is 15.5. The number of carbonyl (C=O) groups is 1. The van der Waals surface area contributed by atoms with Crippen LogP contribution in [0.15, 0.2) is 42.7 Å². The maximum atomic E-state index is 12.6. The molecule has 0 N–H and O–H groups in total. The van der Waals surface area contributed by atoms with Crippen molar-refractivity contribution in [1.29, 1.82) is 0 Å².